The third kappa shape index (κ3) is 4.65. The van der Waals surface area contributed by atoms with Crippen molar-refractivity contribution >= 4 is 11.6 Å². The van der Waals surface area contributed by atoms with E-state index >= 15 is 0 Å². The van der Waals surface area contributed by atoms with Gasteiger partial charge in [0, 0.05) is 42.8 Å². The first kappa shape index (κ1) is 21.3. The van der Waals surface area contributed by atoms with Crippen LogP contribution in [0.25, 0.3) is 5.65 Å². The quantitative estimate of drug-likeness (QED) is 0.442. The molecule has 1 aliphatic heterocycles. The zero-order chi connectivity index (χ0) is 22.9. The Labute approximate surface area is 192 Å². The molecule has 1 saturated heterocycles. The SMILES string of the molecule is Cc1ccn2cc(C(=O)N3CCC[C@@H](c4cc(Cc5ccc(F)cc5)cc(C)n4)C3)nc2c1. The molecule has 4 aromatic rings. The first-order chi connectivity index (χ1) is 15.9. The highest BCUT2D eigenvalue weighted by molar-refractivity contribution is 5.93. The van der Waals surface area contributed by atoms with Crippen molar-refractivity contribution in [2.75, 3.05) is 13.1 Å². The standard InChI is InChI=1S/C27H27FN4O/c1-18-9-11-31-17-25(30-26(31)12-18)27(33)32-10-3-4-22(16-32)24-15-21(13-19(2)29-24)14-20-5-7-23(28)8-6-20/h5-9,11-13,15,17,22H,3-4,10,14,16H2,1-2H3/t22-/m1/s1. The summed E-state index contributed by atoms with van der Waals surface area (Å²) in [6, 6.07) is 14.8. The molecule has 5 nitrogen and oxygen atoms in total. The Morgan fingerprint density at radius 1 is 1.06 bits per heavy atom. The van der Waals surface area contributed by atoms with Gasteiger partial charge in [-0.25, -0.2) is 9.37 Å². The van der Waals surface area contributed by atoms with E-state index in [0.717, 1.165) is 59.5 Å². The van der Waals surface area contributed by atoms with Gasteiger partial charge in [-0.05, 0) is 86.2 Å². The Bertz CT molecular complexity index is 1310. The number of amides is 1. The van der Waals surface area contributed by atoms with Gasteiger partial charge in [0.25, 0.3) is 5.91 Å². The van der Waals surface area contributed by atoms with Crippen LogP contribution < -0.4 is 0 Å². The van der Waals surface area contributed by atoms with Gasteiger partial charge in [-0.2, -0.15) is 0 Å². The van der Waals surface area contributed by atoms with Crippen molar-refractivity contribution < 1.29 is 9.18 Å². The number of hydrogen-bond acceptors (Lipinski definition) is 3. The van der Waals surface area contributed by atoms with Crippen molar-refractivity contribution in [2.24, 2.45) is 0 Å². The number of halogens is 1. The van der Waals surface area contributed by atoms with Crippen LogP contribution in [0.3, 0.4) is 0 Å². The molecule has 168 valence electrons. The Balaban J connectivity index is 1.35. The van der Waals surface area contributed by atoms with E-state index in [-0.39, 0.29) is 17.6 Å². The Morgan fingerprint density at radius 3 is 2.70 bits per heavy atom. The van der Waals surface area contributed by atoms with E-state index in [4.69, 9.17) is 4.98 Å². The zero-order valence-electron chi connectivity index (χ0n) is 19.0. The topological polar surface area (TPSA) is 50.5 Å². The lowest BCUT2D eigenvalue weighted by atomic mass is 9.92. The number of carbonyl (C=O) groups excluding carboxylic acids is 1. The number of nitrogens with zero attached hydrogens (tertiary/aromatic N) is 4. The number of rotatable bonds is 4. The van der Waals surface area contributed by atoms with Gasteiger partial charge in [0.15, 0.2) is 0 Å². The molecule has 1 amide bonds. The lowest BCUT2D eigenvalue weighted by molar-refractivity contribution is 0.0700. The third-order valence-corrected chi connectivity index (χ3v) is 6.32. The van der Waals surface area contributed by atoms with E-state index in [1.54, 1.807) is 0 Å². The summed E-state index contributed by atoms with van der Waals surface area (Å²) >= 11 is 0. The van der Waals surface area contributed by atoms with Crippen molar-refractivity contribution in [1.82, 2.24) is 19.3 Å². The van der Waals surface area contributed by atoms with Crippen molar-refractivity contribution in [3.05, 3.63) is 101 Å². The highest BCUT2D eigenvalue weighted by atomic mass is 19.1. The van der Waals surface area contributed by atoms with Gasteiger partial charge in [-0.3, -0.25) is 9.78 Å². The molecule has 0 radical (unpaired) electrons. The highest BCUT2D eigenvalue weighted by Crippen LogP contribution is 2.28. The van der Waals surface area contributed by atoms with Gasteiger partial charge in [0.1, 0.15) is 17.2 Å². The van der Waals surface area contributed by atoms with Crippen LogP contribution >= 0.6 is 0 Å². The van der Waals surface area contributed by atoms with E-state index in [2.05, 4.69) is 17.1 Å². The molecule has 1 fully saturated rings. The van der Waals surface area contributed by atoms with Crippen molar-refractivity contribution in [3.8, 4) is 0 Å². The fourth-order valence-corrected chi connectivity index (χ4v) is 4.67. The van der Waals surface area contributed by atoms with Crippen LogP contribution in [-0.4, -0.2) is 38.3 Å². The second-order valence-corrected chi connectivity index (χ2v) is 9.03. The van der Waals surface area contributed by atoms with Gasteiger partial charge in [0.05, 0.1) is 0 Å². The molecule has 4 heterocycles. The van der Waals surface area contributed by atoms with Gasteiger partial charge in [-0.15, -0.1) is 0 Å². The average molecular weight is 443 g/mol. The van der Waals surface area contributed by atoms with E-state index < -0.39 is 0 Å². The highest BCUT2D eigenvalue weighted by Gasteiger charge is 2.28. The van der Waals surface area contributed by atoms with E-state index in [9.17, 15) is 9.18 Å². The summed E-state index contributed by atoms with van der Waals surface area (Å²) in [7, 11) is 0. The van der Waals surface area contributed by atoms with E-state index in [1.165, 1.54) is 12.1 Å². The number of fused-ring (bicyclic) bond motifs is 1. The third-order valence-electron chi connectivity index (χ3n) is 6.32. The molecule has 1 aliphatic rings. The molecule has 0 unspecified atom stereocenters. The summed E-state index contributed by atoms with van der Waals surface area (Å²) in [6.45, 7) is 5.39. The number of piperidine rings is 1. The fraction of sp³-hybridized carbons (Fsp3) is 0.296. The van der Waals surface area contributed by atoms with Crippen LogP contribution in [-0.2, 0) is 6.42 Å². The first-order valence-corrected chi connectivity index (χ1v) is 11.4. The minimum atomic E-state index is -0.224. The molecule has 1 aromatic carbocycles. The van der Waals surface area contributed by atoms with Crippen LogP contribution in [0.1, 0.15) is 57.3 Å². The first-order valence-electron chi connectivity index (χ1n) is 11.4. The van der Waals surface area contributed by atoms with Crippen LogP contribution in [0.15, 0.2) is 60.9 Å². The molecule has 0 bridgehead atoms. The monoisotopic (exact) mass is 442 g/mol. The molecular weight excluding hydrogens is 415 g/mol. The molecule has 0 saturated carbocycles. The number of likely N-dealkylation sites (tertiary alicyclic amines) is 1. The number of carbonyl (C=O) groups is 1. The predicted octanol–water partition coefficient (Wildman–Crippen LogP) is 5.10. The maximum atomic E-state index is 13.3. The second-order valence-electron chi connectivity index (χ2n) is 9.03. The smallest absolute Gasteiger partial charge is 0.274 e. The molecule has 5 rings (SSSR count). The van der Waals surface area contributed by atoms with Crippen LogP contribution in [0, 0.1) is 19.7 Å². The van der Waals surface area contributed by atoms with Crippen molar-refractivity contribution in [3.63, 3.8) is 0 Å². The largest absolute Gasteiger partial charge is 0.337 e. The second kappa shape index (κ2) is 8.77. The minimum Gasteiger partial charge on any atom is -0.337 e. The molecule has 0 N–H and O–H groups in total. The number of benzene rings is 1. The Kier molecular flexibility index (Phi) is 5.67. The zero-order valence-corrected chi connectivity index (χ0v) is 19.0. The molecule has 1 atom stereocenters. The van der Waals surface area contributed by atoms with Crippen LogP contribution in [0.5, 0.6) is 0 Å². The van der Waals surface area contributed by atoms with Crippen molar-refractivity contribution in [2.45, 2.75) is 39.0 Å². The molecule has 0 aliphatic carbocycles. The fourth-order valence-electron chi connectivity index (χ4n) is 4.67. The number of imidazole rings is 1. The summed E-state index contributed by atoms with van der Waals surface area (Å²) in [4.78, 5) is 24.5. The summed E-state index contributed by atoms with van der Waals surface area (Å²) in [6.07, 6.45) is 6.41. The summed E-state index contributed by atoms with van der Waals surface area (Å²) in [5.74, 6) is -0.0628. The summed E-state index contributed by atoms with van der Waals surface area (Å²) < 4.78 is 15.1. The molecule has 3 aromatic heterocycles. The normalized spacial score (nSPS) is 16.3. The average Bonchev–Trinajstić information content (AvgIpc) is 3.23. The molecular formula is C27H27FN4O. The lowest BCUT2D eigenvalue weighted by Crippen LogP contribution is -2.39. The predicted molar refractivity (Wildman–Crippen MR) is 126 cm³/mol. The summed E-state index contributed by atoms with van der Waals surface area (Å²) in [5, 5.41) is 0. The minimum absolute atomic E-state index is 0.0276. The van der Waals surface area contributed by atoms with Crippen LogP contribution in [0.2, 0.25) is 0 Å². The molecule has 6 heteroatoms. The number of aryl methyl sites for hydroxylation is 2. The van der Waals surface area contributed by atoms with Gasteiger partial charge < -0.3 is 9.30 Å². The maximum absolute atomic E-state index is 13.3. The molecule has 33 heavy (non-hydrogen) atoms. The van der Waals surface area contributed by atoms with Crippen LogP contribution in [0.4, 0.5) is 4.39 Å². The maximum Gasteiger partial charge on any atom is 0.274 e. The number of hydrogen-bond donors (Lipinski definition) is 0. The van der Waals surface area contributed by atoms with Gasteiger partial charge >= 0.3 is 0 Å². The summed E-state index contributed by atoms with van der Waals surface area (Å²) in [5.41, 5.74) is 6.60. The molecule has 0 spiro atoms. The lowest BCUT2D eigenvalue weighted by Gasteiger charge is -2.32. The number of aromatic nitrogens is 3. The van der Waals surface area contributed by atoms with Gasteiger partial charge in [-0.1, -0.05) is 12.1 Å². The number of pyridine rings is 2. The van der Waals surface area contributed by atoms with E-state index in [0.29, 0.717) is 12.2 Å². The van der Waals surface area contributed by atoms with Gasteiger partial charge in [0.2, 0.25) is 0 Å². The van der Waals surface area contributed by atoms with E-state index in [1.807, 2.05) is 59.8 Å². The Morgan fingerprint density at radius 2 is 1.88 bits per heavy atom. The van der Waals surface area contributed by atoms with Crippen molar-refractivity contribution in [1.29, 1.82) is 0 Å². The Hall–Kier alpha value is -3.54.